The molecule has 0 saturated carbocycles. The fourth-order valence-electron chi connectivity index (χ4n) is 3.32. The van der Waals surface area contributed by atoms with E-state index in [-0.39, 0.29) is 5.82 Å². The van der Waals surface area contributed by atoms with Gasteiger partial charge in [0.1, 0.15) is 17.5 Å². The summed E-state index contributed by atoms with van der Waals surface area (Å²) < 4.78 is 16.0. The van der Waals surface area contributed by atoms with Crippen LogP contribution in [0.25, 0.3) is 11.3 Å². The monoisotopic (exact) mass is 439 g/mol. The van der Waals surface area contributed by atoms with E-state index in [1.165, 1.54) is 12.1 Å². The minimum Gasteiger partial charge on any atom is -0.318 e. The number of nitrogens with zero attached hydrogens (tertiary/aromatic N) is 5. The molecule has 0 radical (unpaired) electrons. The molecule has 1 atom stereocenters. The predicted octanol–water partition coefficient (Wildman–Crippen LogP) is 3.02. The van der Waals surface area contributed by atoms with Crippen molar-refractivity contribution < 1.29 is 4.39 Å². The highest BCUT2D eigenvalue weighted by molar-refractivity contribution is 9.10. The summed E-state index contributed by atoms with van der Waals surface area (Å²) in [5.41, 5.74) is 2.63. The Morgan fingerprint density at radius 1 is 1.07 bits per heavy atom. The second-order valence-corrected chi connectivity index (χ2v) is 7.14. The first-order valence-electron chi connectivity index (χ1n) is 8.30. The summed E-state index contributed by atoms with van der Waals surface area (Å²) in [7, 11) is 0. The van der Waals surface area contributed by atoms with E-state index < -0.39 is 11.6 Å². The fourth-order valence-corrected chi connectivity index (χ4v) is 3.58. The van der Waals surface area contributed by atoms with E-state index in [1.807, 2.05) is 24.3 Å². The van der Waals surface area contributed by atoms with Crippen molar-refractivity contribution in [3.8, 4) is 11.3 Å². The first-order valence-corrected chi connectivity index (χ1v) is 9.10. The molecule has 0 saturated heterocycles. The summed E-state index contributed by atoms with van der Waals surface area (Å²) in [5, 5.41) is 21.5. The molecule has 3 heterocycles. The Kier molecular flexibility index (Phi) is 3.79. The maximum Gasteiger partial charge on any atom is 0.288 e. The van der Waals surface area contributed by atoms with Gasteiger partial charge >= 0.3 is 0 Å². The summed E-state index contributed by atoms with van der Waals surface area (Å²) in [6.45, 7) is 0. The third kappa shape index (κ3) is 2.61. The van der Waals surface area contributed by atoms with Gasteiger partial charge in [-0.3, -0.25) is 4.79 Å². The van der Waals surface area contributed by atoms with Gasteiger partial charge in [0.25, 0.3) is 5.56 Å². The van der Waals surface area contributed by atoms with Crippen molar-refractivity contribution in [3.63, 3.8) is 0 Å². The summed E-state index contributed by atoms with van der Waals surface area (Å²) in [6.07, 6.45) is 0. The Hall–Kier alpha value is -3.40. The van der Waals surface area contributed by atoms with Gasteiger partial charge in [-0.2, -0.15) is 9.78 Å². The zero-order chi connectivity index (χ0) is 19.3. The van der Waals surface area contributed by atoms with E-state index in [1.54, 1.807) is 16.8 Å². The van der Waals surface area contributed by atoms with Crippen LogP contribution in [0.4, 0.5) is 16.0 Å². The Balaban J connectivity index is 1.81. The topological polar surface area (TPSA) is 101 Å². The van der Waals surface area contributed by atoms with E-state index in [9.17, 15) is 9.18 Å². The molecule has 0 amide bonds. The molecule has 0 fully saturated rings. The van der Waals surface area contributed by atoms with Crippen LogP contribution in [-0.2, 0) is 0 Å². The lowest BCUT2D eigenvalue weighted by atomic mass is 9.92. The van der Waals surface area contributed by atoms with Gasteiger partial charge in [0.15, 0.2) is 0 Å². The minimum atomic E-state index is -0.546. The molecule has 2 N–H and O–H groups in total. The van der Waals surface area contributed by atoms with Crippen LogP contribution in [0.15, 0.2) is 57.8 Å². The SMILES string of the molecule is O=c1[nH]nc(-c2ccc(Br)cc2)c2c1Nc1nnnn1C2c1ccc(F)cc1. The molecule has 138 valence electrons. The number of aromatic nitrogens is 6. The number of tetrazole rings is 1. The number of fused-ring (bicyclic) bond motifs is 2. The molecule has 10 heteroatoms. The Morgan fingerprint density at radius 2 is 1.82 bits per heavy atom. The number of anilines is 2. The maximum atomic E-state index is 13.5. The van der Waals surface area contributed by atoms with Crippen LogP contribution in [-0.4, -0.2) is 30.4 Å². The summed E-state index contributed by atoms with van der Waals surface area (Å²) in [6, 6.07) is 13.0. The van der Waals surface area contributed by atoms with Gasteiger partial charge in [-0.15, -0.1) is 0 Å². The van der Waals surface area contributed by atoms with Crippen LogP contribution in [0.5, 0.6) is 0 Å². The van der Waals surface area contributed by atoms with Crippen molar-refractivity contribution in [2.45, 2.75) is 6.04 Å². The lowest BCUT2D eigenvalue weighted by Gasteiger charge is -2.27. The van der Waals surface area contributed by atoms with Gasteiger partial charge in [-0.05, 0) is 40.3 Å². The van der Waals surface area contributed by atoms with Crippen molar-refractivity contribution in [1.82, 2.24) is 30.4 Å². The number of aromatic amines is 1. The van der Waals surface area contributed by atoms with E-state index in [0.29, 0.717) is 22.9 Å². The summed E-state index contributed by atoms with van der Waals surface area (Å²) in [4.78, 5) is 12.5. The van der Waals surface area contributed by atoms with E-state index in [2.05, 4.69) is 47.0 Å². The molecule has 5 rings (SSSR count). The minimum absolute atomic E-state index is 0.310. The third-order valence-electron chi connectivity index (χ3n) is 4.57. The Bertz CT molecular complexity index is 1230. The predicted molar refractivity (Wildman–Crippen MR) is 103 cm³/mol. The maximum absolute atomic E-state index is 13.5. The molecule has 28 heavy (non-hydrogen) atoms. The van der Waals surface area contributed by atoms with E-state index in [0.717, 1.165) is 15.6 Å². The molecule has 1 unspecified atom stereocenters. The highest BCUT2D eigenvalue weighted by atomic mass is 79.9. The number of hydrogen-bond acceptors (Lipinski definition) is 6. The first kappa shape index (κ1) is 16.8. The lowest BCUT2D eigenvalue weighted by molar-refractivity contribution is 0.564. The number of hydrogen-bond donors (Lipinski definition) is 2. The quantitative estimate of drug-likeness (QED) is 0.438. The third-order valence-corrected chi connectivity index (χ3v) is 5.10. The smallest absolute Gasteiger partial charge is 0.288 e. The molecule has 2 aromatic heterocycles. The average molecular weight is 440 g/mol. The fraction of sp³-hybridized carbons (Fsp3) is 0.0556. The summed E-state index contributed by atoms with van der Waals surface area (Å²) in [5.74, 6) is -0.0349. The van der Waals surface area contributed by atoms with Crippen molar-refractivity contribution in [2.24, 2.45) is 0 Å². The van der Waals surface area contributed by atoms with Crippen molar-refractivity contribution >= 4 is 27.6 Å². The Labute approximate surface area is 165 Å². The number of rotatable bonds is 2. The van der Waals surface area contributed by atoms with Gasteiger partial charge in [0.2, 0.25) is 5.95 Å². The molecule has 2 aromatic carbocycles. The van der Waals surface area contributed by atoms with Gasteiger partial charge in [0, 0.05) is 15.6 Å². The van der Waals surface area contributed by atoms with Crippen molar-refractivity contribution in [2.75, 3.05) is 5.32 Å². The molecule has 8 nitrogen and oxygen atoms in total. The van der Waals surface area contributed by atoms with E-state index >= 15 is 0 Å². The van der Waals surface area contributed by atoms with Crippen LogP contribution in [0.1, 0.15) is 17.2 Å². The number of benzene rings is 2. The largest absolute Gasteiger partial charge is 0.318 e. The first-order chi connectivity index (χ1) is 13.6. The molecule has 1 aliphatic rings. The lowest BCUT2D eigenvalue weighted by Crippen LogP contribution is -2.29. The van der Waals surface area contributed by atoms with Gasteiger partial charge in [-0.1, -0.05) is 45.3 Å². The highest BCUT2D eigenvalue weighted by Gasteiger charge is 2.34. The number of nitrogens with one attached hydrogen (secondary N) is 2. The van der Waals surface area contributed by atoms with E-state index in [4.69, 9.17) is 0 Å². The molecular weight excluding hydrogens is 429 g/mol. The molecule has 4 aromatic rings. The number of halogens is 2. The second kappa shape index (κ2) is 6.34. The van der Waals surface area contributed by atoms with Crippen LogP contribution in [0.2, 0.25) is 0 Å². The van der Waals surface area contributed by atoms with Gasteiger partial charge in [-0.25, -0.2) is 9.49 Å². The molecular formula is C18H11BrFN7O. The van der Waals surface area contributed by atoms with Crippen molar-refractivity contribution in [3.05, 3.63) is 80.3 Å². The van der Waals surface area contributed by atoms with Crippen LogP contribution in [0.3, 0.4) is 0 Å². The zero-order valence-electron chi connectivity index (χ0n) is 14.1. The van der Waals surface area contributed by atoms with Gasteiger partial charge < -0.3 is 5.32 Å². The highest BCUT2D eigenvalue weighted by Crippen LogP contribution is 2.41. The van der Waals surface area contributed by atoms with Crippen LogP contribution in [0, 0.1) is 5.82 Å². The van der Waals surface area contributed by atoms with Crippen LogP contribution < -0.4 is 10.9 Å². The Morgan fingerprint density at radius 3 is 2.57 bits per heavy atom. The standard InChI is InChI=1S/C18H11BrFN7O/c19-11-5-1-9(2-6-11)14-13-15(17(28)23-22-14)21-18-24-25-26-27(18)16(13)10-3-7-12(20)8-4-10/h1-8,16H,(H,23,28)(H,21,24,26). The normalized spacial score (nSPS) is 14.9. The second-order valence-electron chi connectivity index (χ2n) is 6.22. The van der Waals surface area contributed by atoms with Gasteiger partial charge in [0.05, 0.1) is 5.69 Å². The molecule has 0 bridgehead atoms. The summed E-state index contributed by atoms with van der Waals surface area (Å²) >= 11 is 3.42. The number of H-pyrrole nitrogens is 1. The molecule has 0 aliphatic carbocycles. The average Bonchev–Trinajstić information content (AvgIpc) is 3.17. The molecule has 0 spiro atoms. The van der Waals surface area contributed by atoms with Crippen LogP contribution >= 0.6 is 15.9 Å². The zero-order valence-corrected chi connectivity index (χ0v) is 15.7. The molecule has 1 aliphatic heterocycles. The van der Waals surface area contributed by atoms with Crippen molar-refractivity contribution in [1.29, 1.82) is 0 Å².